The van der Waals surface area contributed by atoms with E-state index in [0.29, 0.717) is 17.9 Å². The Morgan fingerprint density at radius 1 is 1.47 bits per heavy atom. The molecule has 1 aromatic rings. The van der Waals surface area contributed by atoms with Gasteiger partial charge in [-0.2, -0.15) is 0 Å². The Labute approximate surface area is 89.0 Å². The Kier molecular flexibility index (Phi) is 3.35. The Morgan fingerprint density at radius 3 is 3.07 bits per heavy atom. The van der Waals surface area contributed by atoms with Crippen molar-refractivity contribution in [3.63, 3.8) is 0 Å². The van der Waals surface area contributed by atoms with E-state index in [1.54, 1.807) is 12.1 Å². The maximum absolute atomic E-state index is 10.7. The molecule has 1 aliphatic rings. The second kappa shape index (κ2) is 4.94. The SMILES string of the molecule is O=Cc1ccccc1OC[C@@H]1CCCO1. The number of hydrogen-bond donors (Lipinski definition) is 0. The predicted octanol–water partition coefficient (Wildman–Crippen LogP) is 2.06. The van der Waals surface area contributed by atoms with Gasteiger partial charge in [0, 0.05) is 6.61 Å². The number of aldehydes is 1. The van der Waals surface area contributed by atoms with Crippen molar-refractivity contribution < 1.29 is 14.3 Å². The van der Waals surface area contributed by atoms with E-state index in [0.717, 1.165) is 25.7 Å². The van der Waals surface area contributed by atoms with Gasteiger partial charge in [-0.15, -0.1) is 0 Å². The molecular weight excluding hydrogens is 192 g/mol. The predicted molar refractivity (Wildman–Crippen MR) is 56.3 cm³/mol. The quantitative estimate of drug-likeness (QED) is 0.707. The van der Waals surface area contributed by atoms with Crippen molar-refractivity contribution in [1.82, 2.24) is 0 Å². The average molecular weight is 206 g/mol. The van der Waals surface area contributed by atoms with E-state index in [1.165, 1.54) is 0 Å². The van der Waals surface area contributed by atoms with Crippen LogP contribution in [-0.4, -0.2) is 25.6 Å². The van der Waals surface area contributed by atoms with Crippen LogP contribution < -0.4 is 4.74 Å². The largest absolute Gasteiger partial charge is 0.490 e. The van der Waals surface area contributed by atoms with Crippen molar-refractivity contribution in [2.24, 2.45) is 0 Å². The summed E-state index contributed by atoms with van der Waals surface area (Å²) in [7, 11) is 0. The van der Waals surface area contributed by atoms with Gasteiger partial charge < -0.3 is 9.47 Å². The summed E-state index contributed by atoms with van der Waals surface area (Å²) < 4.78 is 11.0. The number of carbonyl (C=O) groups is 1. The molecule has 0 bridgehead atoms. The molecule has 1 atom stereocenters. The van der Waals surface area contributed by atoms with E-state index in [-0.39, 0.29) is 6.10 Å². The summed E-state index contributed by atoms with van der Waals surface area (Å²) in [5.41, 5.74) is 0.593. The molecule has 2 rings (SSSR count). The monoisotopic (exact) mass is 206 g/mol. The van der Waals surface area contributed by atoms with Gasteiger partial charge in [0.25, 0.3) is 0 Å². The molecule has 0 aliphatic carbocycles. The highest BCUT2D eigenvalue weighted by Crippen LogP contribution is 2.18. The molecular formula is C12H14O3. The van der Waals surface area contributed by atoms with Crippen molar-refractivity contribution in [2.45, 2.75) is 18.9 Å². The normalized spacial score (nSPS) is 20.1. The molecule has 0 radical (unpaired) electrons. The molecule has 0 unspecified atom stereocenters. The van der Waals surface area contributed by atoms with Crippen LogP contribution in [-0.2, 0) is 4.74 Å². The van der Waals surface area contributed by atoms with E-state index >= 15 is 0 Å². The van der Waals surface area contributed by atoms with Gasteiger partial charge in [-0.3, -0.25) is 4.79 Å². The molecule has 3 nitrogen and oxygen atoms in total. The first-order valence-corrected chi connectivity index (χ1v) is 5.19. The molecule has 0 spiro atoms. The zero-order chi connectivity index (χ0) is 10.5. The summed E-state index contributed by atoms with van der Waals surface area (Å²) in [6.45, 7) is 1.36. The van der Waals surface area contributed by atoms with Crippen LogP contribution in [0.4, 0.5) is 0 Å². The maximum atomic E-state index is 10.7. The Morgan fingerprint density at radius 2 is 2.33 bits per heavy atom. The van der Waals surface area contributed by atoms with Crippen molar-refractivity contribution >= 4 is 6.29 Å². The summed E-state index contributed by atoms with van der Waals surface area (Å²) in [5.74, 6) is 0.642. The highest BCUT2D eigenvalue weighted by Gasteiger charge is 2.16. The number of ether oxygens (including phenoxy) is 2. The first-order chi connectivity index (χ1) is 7.40. The number of hydrogen-bond acceptors (Lipinski definition) is 3. The van der Waals surface area contributed by atoms with E-state index in [4.69, 9.17) is 9.47 Å². The van der Waals surface area contributed by atoms with Gasteiger partial charge in [-0.25, -0.2) is 0 Å². The third kappa shape index (κ3) is 2.57. The summed E-state index contributed by atoms with van der Waals surface area (Å²) in [6.07, 6.45) is 3.14. The van der Waals surface area contributed by atoms with Crippen LogP contribution in [0.3, 0.4) is 0 Å². The van der Waals surface area contributed by atoms with Crippen LogP contribution >= 0.6 is 0 Å². The third-order valence-electron chi connectivity index (χ3n) is 2.49. The molecule has 1 saturated heterocycles. The molecule has 0 saturated carbocycles. The molecule has 3 heteroatoms. The zero-order valence-corrected chi connectivity index (χ0v) is 8.52. The minimum Gasteiger partial charge on any atom is -0.490 e. The van der Waals surface area contributed by atoms with Gasteiger partial charge >= 0.3 is 0 Å². The standard InChI is InChI=1S/C12H14O3/c13-8-10-4-1-2-6-12(10)15-9-11-5-3-7-14-11/h1-2,4,6,8,11H,3,5,7,9H2/t11-/m0/s1. The fraction of sp³-hybridized carbons (Fsp3) is 0.417. The maximum Gasteiger partial charge on any atom is 0.153 e. The molecule has 0 aromatic heterocycles. The zero-order valence-electron chi connectivity index (χ0n) is 8.52. The summed E-state index contributed by atoms with van der Waals surface area (Å²) in [6, 6.07) is 7.23. The van der Waals surface area contributed by atoms with Gasteiger partial charge in [0.2, 0.25) is 0 Å². The highest BCUT2D eigenvalue weighted by molar-refractivity contribution is 5.79. The lowest BCUT2D eigenvalue weighted by atomic mass is 10.2. The van der Waals surface area contributed by atoms with Crippen molar-refractivity contribution in [1.29, 1.82) is 0 Å². The van der Waals surface area contributed by atoms with Gasteiger partial charge in [0.05, 0.1) is 11.7 Å². The molecule has 1 fully saturated rings. The fourth-order valence-electron chi connectivity index (χ4n) is 1.67. The third-order valence-corrected chi connectivity index (χ3v) is 2.49. The second-order valence-corrected chi connectivity index (χ2v) is 3.60. The van der Waals surface area contributed by atoms with Crippen LogP contribution in [0.5, 0.6) is 5.75 Å². The number of rotatable bonds is 4. The second-order valence-electron chi connectivity index (χ2n) is 3.60. The first kappa shape index (κ1) is 10.2. The fourth-order valence-corrected chi connectivity index (χ4v) is 1.67. The van der Waals surface area contributed by atoms with E-state index in [1.807, 2.05) is 12.1 Å². The van der Waals surface area contributed by atoms with Crippen LogP contribution in [0.15, 0.2) is 24.3 Å². The Balaban J connectivity index is 1.94. The Bertz CT molecular complexity index is 329. The summed E-state index contributed by atoms with van der Waals surface area (Å²) >= 11 is 0. The summed E-state index contributed by atoms with van der Waals surface area (Å²) in [5, 5.41) is 0. The lowest BCUT2D eigenvalue weighted by Crippen LogP contribution is -2.16. The van der Waals surface area contributed by atoms with Gasteiger partial charge in [0.15, 0.2) is 6.29 Å². The average Bonchev–Trinajstić information content (AvgIpc) is 2.79. The van der Waals surface area contributed by atoms with Crippen molar-refractivity contribution in [3.8, 4) is 5.75 Å². The molecule has 80 valence electrons. The number of para-hydroxylation sites is 1. The molecule has 15 heavy (non-hydrogen) atoms. The van der Waals surface area contributed by atoms with Crippen molar-refractivity contribution in [2.75, 3.05) is 13.2 Å². The molecule has 1 heterocycles. The van der Waals surface area contributed by atoms with Crippen LogP contribution in [0.1, 0.15) is 23.2 Å². The van der Waals surface area contributed by atoms with E-state index < -0.39 is 0 Å². The number of benzene rings is 1. The van der Waals surface area contributed by atoms with Gasteiger partial charge in [-0.1, -0.05) is 12.1 Å². The van der Waals surface area contributed by atoms with Gasteiger partial charge in [0.1, 0.15) is 12.4 Å². The molecule has 1 aliphatic heterocycles. The molecule has 0 N–H and O–H groups in total. The topological polar surface area (TPSA) is 35.5 Å². The van der Waals surface area contributed by atoms with Crippen LogP contribution in [0, 0.1) is 0 Å². The summed E-state index contributed by atoms with van der Waals surface area (Å²) in [4.78, 5) is 10.7. The molecule has 1 aromatic carbocycles. The van der Waals surface area contributed by atoms with Gasteiger partial charge in [-0.05, 0) is 25.0 Å². The molecule has 0 amide bonds. The van der Waals surface area contributed by atoms with Crippen molar-refractivity contribution in [3.05, 3.63) is 29.8 Å². The van der Waals surface area contributed by atoms with Crippen LogP contribution in [0.25, 0.3) is 0 Å². The Hall–Kier alpha value is -1.35. The number of carbonyl (C=O) groups excluding carboxylic acids is 1. The van der Waals surface area contributed by atoms with E-state index in [2.05, 4.69) is 0 Å². The minimum absolute atomic E-state index is 0.185. The van der Waals surface area contributed by atoms with E-state index in [9.17, 15) is 4.79 Å². The minimum atomic E-state index is 0.185. The smallest absolute Gasteiger partial charge is 0.153 e. The lowest BCUT2D eigenvalue weighted by Gasteiger charge is -2.12. The van der Waals surface area contributed by atoms with Crippen LogP contribution in [0.2, 0.25) is 0 Å². The first-order valence-electron chi connectivity index (χ1n) is 5.19. The lowest BCUT2D eigenvalue weighted by molar-refractivity contribution is 0.0675. The highest BCUT2D eigenvalue weighted by atomic mass is 16.5.